The molecule has 1 aliphatic carbocycles. The molecule has 0 radical (unpaired) electrons. The Morgan fingerprint density at radius 1 is 1.24 bits per heavy atom. The number of carbonyl (C=O) groups excluding carboxylic acids is 1. The SMILES string of the molecule is CC1(C)C(C(=O)OC(C#N)c2ccc(F)c(Oc3ccccc3)c2)C1/C(Cl)=C/Cl. The Morgan fingerprint density at radius 2 is 1.93 bits per heavy atom. The molecule has 29 heavy (non-hydrogen) atoms. The van der Waals surface area contributed by atoms with Crippen LogP contribution < -0.4 is 4.74 Å². The van der Waals surface area contributed by atoms with Crippen molar-refractivity contribution in [3.05, 3.63) is 70.5 Å². The van der Waals surface area contributed by atoms with E-state index in [1.165, 1.54) is 23.7 Å². The van der Waals surface area contributed by atoms with Gasteiger partial charge in [0.1, 0.15) is 11.8 Å². The second kappa shape index (κ2) is 8.44. The van der Waals surface area contributed by atoms with Crippen molar-refractivity contribution in [1.29, 1.82) is 5.26 Å². The molecule has 150 valence electrons. The lowest BCUT2D eigenvalue weighted by atomic mass is 10.1. The summed E-state index contributed by atoms with van der Waals surface area (Å²) in [5.41, 5.74) is 1.11. The van der Waals surface area contributed by atoms with Crippen LogP contribution in [0.3, 0.4) is 0 Å². The largest absolute Gasteiger partial charge is 0.454 e. The normalized spacial score (nSPS) is 21.0. The van der Waals surface area contributed by atoms with Crippen molar-refractivity contribution in [3.8, 4) is 17.6 Å². The average molecular weight is 434 g/mol. The van der Waals surface area contributed by atoms with E-state index in [4.69, 9.17) is 32.7 Å². The number of nitriles is 1. The molecular weight excluding hydrogens is 416 g/mol. The molecule has 0 bridgehead atoms. The second-order valence-electron chi connectivity index (χ2n) is 7.32. The molecule has 0 heterocycles. The number of ether oxygens (including phenoxy) is 2. The Labute approximate surface area is 178 Å². The van der Waals surface area contributed by atoms with Crippen LogP contribution in [0.25, 0.3) is 0 Å². The van der Waals surface area contributed by atoms with Crippen molar-refractivity contribution in [2.24, 2.45) is 17.3 Å². The molecule has 4 nitrogen and oxygen atoms in total. The maximum absolute atomic E-state index is 14.2. The highest BCUT2D eigenvalue weighted by Crippen LogP contribution is 2.63. The first-order chi connectivity index (χ1) is 13.8. The lowest BCUT2D eigenvalue weighted by Gasteiger charge is -2.14. The van der Waals surface area contributed by atoms with Gasteiger partial charge in [0, 0.05) is 22.0 Å². The molecule has 2 aromatic rings. The van der Waals surface area contributed by atoms with Crippen LogP contribution in [0.5, 0.6) is 11.5 Å². The lowest BCUT2D eigenvalue weighted by molar-refractivity contribution is -0.149. The maximum atomic E-state index is 14.2. The van der Waals surface area contributed by atoms with Gasteiger partial charge in [-0.3, -0.25) is 4.79 Å². The van der Waals surface area contributed by atoms with Gasteiger partial charge in [-0.25, -0.2) is 4.39 Å². The maximum Gasteiger partial charge on any atom is 0.311 e. The van der Waals surface area contributed by atoms with E-state index in [1.54, 1.807) is 24.3 Å². The molecule has 0 saturated heterocycles. The summed E-state index contributed by atoms with van der Waals surface area (Å²) in [5.74, 6) is -1.55. The van der Waals surface area contributed by atoms with E-state index >= 15 is 0 Å². The van der Waals surface area contributed by atoms with E-state index in [9.17, 15) is 14.4 Å². The third kappa shape index (κ3) is 4.39. The van der Waals surface area contributed by atoms with Gasteiger partial charge in [0.25, 0.3) is 0 Å². The van der Waals surface area contributed by atoms with Crippen molar-refractivity contribution in [2.75, 3.05) is 0 Å². The fraction of sp³-hybridized carbons (Fsp3) is 0.273. The van der Waals surface area contributed by atoms with Crippen LogP contribution in [0.15, 0.2) is 59.1 Å². The van der Waals surface area contributed by atoms with Gasteiger partial charge in [-0.2, -0.15) is 5.26 Å². The van der Waals surface area contributed by atoms with Crippen molar-refractivity contribution in [2.45, 2.75) is 20.0 Å². The zero-order valence-electron chi connectivity index (χ0n) is 15.7. The van der Waals surface area contributed by atoms with E-state index < -0.39 is 29.2 Å². The van der Waals surface area contributed by atoms with Crippen molar-refractivity contribution in [3.63, 3.8) is 0 Å². The Bertz CT molecular complexity index is 985. The molecule has 1 saturated carbocycles. The van der Waals surface area contributed by atoms with E-state index in [2.05, 4.69) is 0 Å². The molecule has 1 fully saturated rings. The average Bonchev–Trinajstić information content (AvgIpc) is 3.30. The summed E-state index contributed by atoms with van der Waals surface area (Å²) in [5, 5.41) is 9.88. The zero-order valence-corrected chi connectivity index (χ0v) is 17.2. The standard InChI is InChI=1S/C22H18Cl2FNO3/c1-22(2)19(15(24)11-23)20(22)21(27)29-18(12-26)13-8-9-16(25)17(10-13)28-14-6-4-3-5-7-14/h3-11,18-20H,1-2H3/b15-11-. The number of allylic oxidation sites excluding steroid dienone is 1. The summed E-state index contributed by atoms with van der Waals surface area (Å²) in [4.78, 5) is 12.6. The van der Waals surface area contributed by atoms with Gasteiger partial charge in [-0.1, -0.05) is 61.3 Å². The number of rotatable bonds is 6. The van der Waals surface area contributed by atoms with Gasteiger partial charge in [0.2, 0.25) is 6.10 Å². The number of hydrogen-bond acceptors (Lipinski definition) is 4. The predicted octanol–water partition coefficient (Wildman–Crippen LogP) is 6.32. The summed E-state index contributed by atoms with van der Waals surface area (Å²) in [6.45, 7) is 3.74. The molecule has 0 aliphatic heterocycles. The summed E-state index contributed by atoms with van der Waals surface area (Å²) < 4.78 is 25.1. The van der Waals surface area contributed by atoms with Crippen molar-refractivity contribution >= 4 is 29.2 Å². The molecule has 7 heteroatoms. The highest BCUT2D eigenvalue weighted by molar-refractivity contribution is 6.37. The van der Waals surface area contributed by atoms with E-state index in [1.807, 2.05) is 26.0 Å². The van der Waals surface area contributed by atoms with Gasteiger partial charge >= 0.3 is 5.97 Å². The molecule has 0 N–H and O–H groups in total. The Hall–Kier alpha value is -2.55. The third-order valence-corrected chi connectivity index (χ3v) is 5.75. The number of benzene rings is 2. The predicted molar refractivity (Wildman–Crippen MR) is 108 cm³/mol. The fourth-order valence-corrected chi connectivity index (χ4v) is 3.94. The number of nitrogens with zero attached hydrogens (tertiary/aromatic N) is 1. The molecule has 3 rings (SSSR count). The Balaban J connectivity index is 1.78. The zero-order chi connectivity index (χ0) is 21.2. The third-order valence-electron chi connectivity index (χ3n) is 5.06. The minimum Gasteiger partial charge on any atom is -0.454 e. The minimum atomic E-state index is -1.21. The molecule has 0 amide bonds. The summed E-state index contributed by atoms with van der Waals surface area (Å²) in [7, 11) is 0. The highest BCUT2D eigenvalue weighted by Gasteiger charge is 2.64. The number of esters is 1. The molecule has 0 spiro atoms. The van der Waals surface area contributed by atoms with Crippen LogP contribution in [-0.2, 0) is 9.53 Å². The van der Waals surface area contributed by atoms with Crippen LogP contribution >= 0.6 is 23.2 Å². The molecular formula is C22H18Cl2FNO3. The Morgan fingerprint density at radius 3 is 2.55 bits per heavy atom. The molecule has 3 unspecified atom stereocenters. The second-order valence-corrected chi connectivity index (χ2v) is 7.98. The first kappa shape index (κ1) is 21.2. The highest BCUT2D eigenvalue weighted by atomic mass is 35.5. The van der Waals surface area contributed by atoms with E-state index in [-0.39, 0.29) is 11.7 Å². The number of carbonyl (C=O) groups is 1. The Kier molecular flexibility index (Phi) is 6.16. The smallest absolute Gasteiger partial charge is 0.311 e. The van der Waals surface area contributed by atoms with Crippen LogP contribution in [0, 0.1) is 34.4 Å². The lowest BCUT2D eigenvalue weighted by Crippen LogP contribution is -2.14. The molecule has 3 atom stereocenters. The van der Waals surface area contributed by atoms with Gasteiger partial charge in [0.05, 0.1) is 5.92 Å². The minimum absolute atomic E-state index is 0.0669. The number of halogens is 3. The van der Waals surface area contributed by atoms with Crippen LogP contribution in [0.1, 0.15) is 25.5 Å². The summed E-state index contributed by atoms with van der Waals surface area (Å²) in [6, 6.07) is 14.5. The first-order valence-corrected chi connectivity index (χ1v) is 9.69. The van der Waals surface area contributed by atoms with Gasteiger partial charge in [-0.15, -0.1) is 0 Å². The van der Waals surface area contributed by atoms with Crippen LogP contribution in [0.2, 0.25) is 0 Å². The number of hydrogen-bond donors (Lipinski definition) is 0. The number of para-hydroxylation sites is 1. The summed E-state index contributed by atoms with van der Waals surface area (Å²) in [6.07, 6.45) is -1.21. The molecule has 0 aromatic heterocycles. The van der Waals surface area contributed by atoms with Gasteiger partial charge in [-0.05, 0) is 29.7 Å². The molecule has 2 aromatic carbocycles. The molecule has 1 aliphatic rings. The van der Waals surface area contributed by atoms with Crippen LogP contribution in [0.4, 0.5) is 4.39 Å². The fourth-order valence-electron chi connectivity index (χ4n) is 3.40. The van der Waals surface area contributed by atoms with Crippen molar-refractivity contribution in [1.82, 2.24) is 0 Å². The monoisotopic (exact) mass is 433 g/mol. The van der Waals surface area contributed by atoms with E-state index in [0.29, 0.717) is 16.3 Å². The van der Waals surface area contributed by atoms with Crippen molar-refractivity contribution < 1.29 is 18.7 Å². The quantitative estimate of drug-likeness (QED) is 0.500. The first-order valence-electron chi connectivity index (χ1n) is 8.87. The van der Waals surface area contributed by atoms with E-state index in [0.717, 1.165) is 0 Å². The van der Waals surface area contributed by atoms with Gasteiger partial charge in [0.15, 0.2) is 11.6 Å². The summed E-state index contributed by atoms with van der Waals surface area (Å²) >= 11 is 11.8. The topological polar surface area (TPSA) is 59.3 Å². The van der Waals surface area contributed by atoms with Gasteiger partial charge < -0.3 is 9.47 Å². The van der Waals surface area contributed by atoms with Crippen LogP contribution in [-0.4, -0.2) is 5.97 Å².